The molecule has 132 valence electrons. The van der Waals surface area contributed by atoms with Crippen molar-refractivity contribution in [2.24, 2.45) is 5.92 Å². The Morgan fingerprint density at radius 1 is 1.44 bits per heavy atom. The summed E-state index contributed by atoms with van der Waals surface area (Å²) in [6.07, 6.45) is 2.71. The number of hydrogen-bond donors (Lipinski definition) is 0. The normalized spacial score (nSPS) is 21.5. The number of rotatable bonds is 5. The van der Waals surface area contributed by atoms with Crippen LogP contribution in [-0.2, 0) is 16.1 Å². The van der Waals surface area contributed by atoms with Crippen LogP contribution in [0.5, 0.6) is 0 Å². The lowest BCUT2D eigenvalue weighted by Gasteiger charge is -2.49. The zero-order valence-corrected chi connectivity index (χ0v) is 14.2. The van der Waals surface area contributed by atoms with Crippen LogP contribution in [0.4, 0.5) is 0 Å². The van der Waals surface area contributed by atoms with Crippen molar-refractivity contribution in [3.8, 4) is 0 Å². The number of nitrogens with zero attached hydrogens (tertiary/aromatic N) is 3. The fourth-order valence-corrected chi connectivity index (χ4v) is 3.52. The average Bonchev–Trinajstić information content (AvgIpc) is 3.20. The Labute approximate surface area is 145 Å². The summed E-state index contributed by atoms with van der Waals surface area (Å²) in [6.45, 7) is 4.76. The lowest BCUT2D eigenvalue weighted by atomic mass is 9.81. The summed E-state index contributed by atoms with van der Waals surface area (Å²) in [5, 5.41) is 3.77. The second-order valence-corrected chi connectivity index (χ2v) is 6.73. The molecular formula is C18H21N3O4. The van der Waals surface area contributed by atoms with Crippen LogP contribution < -0.4 is 0 Å². The van der Waals surface area contributed by atoms with Gasteiger partial charge in [-0.05, 0) is 25.5 Å². The second-order valence-electron chi connectivity index (χ2n) is 6.73. The van der Waals surface area contributed by atoms with Crippen molar-refractivity contribution in [2.45, 2.75) is 25.6 Å². The van der Waals surface area contributed by atoms with Crippen LogP contribution in [0.1, 0.15) is 28.4 Å². The van der Waals surface area contributed by atoms with E-state index < -0.39 is 0 Å². The fraction of sp³-hybridized carbons (Fsp3) is 0.500. The van der Waals surface area contributed by atoms with Gasteiger partial charge in [0.25, 0.3) is 5.91 Å². The smallest absolute Gasteiger partial charge is 0.292 e. The van der Waals surface area contributed by atoms with Gasteiger partial charge in [0, 0.05) is 24.8 Å². The standard InChI is InChI=1S/C18H21N3O4/c1-13-8-16(25-20-13)17(22)21-11-18(12-21)14(5-7-24-18)9-23-10-15-4-2-3-6-19-15/h2-4,6,8,14H,5,7,9-12H2,1H3/t14-/m0/s1. The Balaban J connectivity index is 1.31. The predicted octanol–water partition coefficient (Wildman–Crippen LogP) is 1.83. The van der Waals surface area contributed by atoms with E-state index in [1.807, 2.05) is 18.2 Å². The molecular weight excluding hydrogens is 322 g/mol. The number of aromatic nitrogens is 2. The summed E-state index contributed by atoms with van der Waals surface area (Å²) in [7, 11) is 0. The van der Waals surface area contributed by atoms with Crippen molar-refractivity contribution in [1.82, 2.24) is 15.0 Å². The molecule has 0 saturated carbocycles. The molecule has 2 aromatic heterocycles. The predicted molar refractivity (Wildman–Crippen MR) is 87.8 cm³/mol. The van der Waals surface area contributed by atoms with Crippen molar-refractivity contribution in [3.05, 3.63) is 47.6 Å². The molecule has 4 heterocycles. The highest BCUT2D eigenvalue weighted by Crippen LogP contribution is 2.40. The fourth-order valence-electron chi connectivity index (χ4n) is 3.52. The van der Waals surface area contributed by atoms with Crippen LogP contribution in [0, 0.1) is 12.8 Å². The maximum Gasteiger partial charge on any atom is 0.292 e. The number of aryl methyl sites for hydroxylation is 1. The lowest BCUT2D eigenvalue weighted by molar-refractivity contribution is -0.129. The number of carbonyl (C=O) groups is 1. The zero-order valence-electron chi connectivity index (χ0n) is 14.2. The van der Waals surface area contributed by atoms with Gasteiger partial charge in [0.1, 0.15) is 5.60 Å². The number of ether oxygens (including phenoxy) is 2. The van der Waals surface area contributed by atoms with Crippen molar-refractivity contribution < 1.29 is 18.8 Å². The molecule has 0 aromatic carbocycles. The Morgan fingerprint density at radius 2 is 2.32 bits per heavy atom. The Hall–Kier alpha value is -2.25. The van der Waals surface area contributed by atoms with Gasteiger partial charge < -0.3 is 18.9 Å². The molecule has 2 aromatic rings. The van der Waals surface area contributed by atoms with Gasteiger partial charge >= 0.3 is 0 Å². The molecule has 1 amide bonds. The maximum absolute atomic E-state index is 12.4. The Bertz CT molecular complexity index is 740. The quantitative estimate of drug-likeness (QED) is 0.824. The summed E-state index contributed by atoms with van der Waals surface area (Å²) < 4.78 is 16.9. The monoisotopic (exact) mass is 343 g/mol. The van der Waals surface area contributed by atoms with Gasteiger partial charge in [-0.25, -0.2) is 0 Å². The highest BCUT2D eigenvalue weighted by atomic mass is 16.5. The molecule has 0 aliphatic carbocycles. The first-order valence-electron chi connectivity index (χ1n) is 8.50. The molecule has 1 atom stereocenters. The van der Waals surface area contributed by atoms with Gasteiger partial charge in [0.15, 0.2) is 0 Å². The summed E-state index contributed by atoms with van der Waals surface area (Å²) in [5.41, 5.74) is 1.34. The third kappa shape index (κ3) is 3.17. The summed E-state index contributed by atoms with van der Waals surface area (Å²) in [5.74, 6) is 0.444. The molecule has 0 radical (unpaired) electrons. The second kappa shape index (κ2) is 6.57. The Morgan fingerprint density at radius 3 is 3.04 bits per heavy atom. The highest BCUT2D eigenvalue weighted by Gasteiger charge is 2.54. The SMILES string of the molecule is Cc1cc(C(=O)N2CC3(C2)OCC[C@H]3COCc2ccccn2)on1. The maximum atomic E-state index is 12.4. The van der Waals surface area contributed by atoms with Crippen molar-refractivity contribution in [1.29, 1.82) is 0 Å². The minimum absolute atomic E-state index is 0.130. The first-order valence-corrected chi connectivity index (χ1v) is 8.50. The molecule has 4 rings (SSSR count). The molecule has 25 heavy (non-hydrogen) atoms. The third-order valence-corrected chi connectivity index (χ3v) is 4.94. The summed E-state index contributed by atoms with van der Waals surface area (Å²) in [6, 6.07) is 7.45. The minimum Gasteiger partial charge on any atom is -0.375 e. The number of amides is 1. The van der Waals surface area contributed by atoms with E-state index in [0.717, 1.165) is 12.1 Å². The van der Waals surface area contributed by atoms with Crippen molar-refractivity contribution in [3.63, 3.8) is 0 Å². The van der Waals surface area contributed by atoms with E-state index in [2.05, 4.69) is 10.1 Å². The van der Waals surface area contributed by atoms with Crippen molar-refractivity contribution >= 4 is 5.91 Å². The molecule has 1 spiro atoms. The molecule has 0 unspecified atom stereocenters. The van der Waals surface area contributed by atoms with Crippen LogP contribution in [0.15, 0.2) is 35.0 Å². The van der Waals surface area contributed by atoms with Crippen LogP contribution in [0.25, 0.3) is 0 Å². The van der Waals surface area contributed by atoms with Gasteiger partial charge in [-0.1, -0.05) is 11.2 Å². The van der Waals surface area contributed by atoms with Gasteiger partial charge in [0.2, 0.25) is 5.76 Å². The number of likely N-dealkylation sites (tertiary alicyclic amines) is 1. The third-order valence-electron chi connectivity index (χ3n) is 4.94. The van der Waals surface area contributed by atoms with Gasteiger partial charge in [-0.2, -0.15) is 0 Å². The van der Waals surface area contributed by atoms with Gasteiger partial charge in [-0.3, -0.25) is 9.78 Å². The minimum atomic E-state index is -0.283. The molecule has 2 fully saturated rings. The van der Waals surface area contributed by atoms with E-state index in [4.69, 9.17) is 14.0 Å². The largest absolute Gasteiger partial charge is 0.375 e. The van der Waals surface area contributed by atoms with E-state index in [1.54, 1.807) is 24.1 Å². The summed E-state index contributed by atoms with van der Waals surface area (Å²) in [4.78, 5) is 18.4. The van der Waals surface area contributed by atoms with Crippen LogP contribution in [0.2, 0.25) is 0 Å². The first kappa shape index (κ1) is 16.2. The number of hydrogen-bond acceptors (Lipinski definition) is 6. The van der Waals surface area contributed by atoms with Crippen LogP contribution >= 0.6 is 0 Å². The topological polar surface area (TPSA) is 77.7 Å². The summed E-state index contributed by atoms with van der Waals surface area (Å²) >= 11 is 0. The van der Waals surface area contributed by atoms with Crippen LogP contribution in [0.3, 0.4) is 0 Å². The Kier molecular flexibility index (Phi) is 4.27. The van der Waals surface area contributed by atoms with Gasteiger partial charge in [0.05, 0.1) is 37.7 Å². The van der Waals surface area contributed by atoms with E-state index in [9.17, 15) is 4.79 Å². The number of carbonyl (C=O) groups excluding carboxylic acids is 1. The molecule has 7 nitrogen and oxygen atoms in total. The van der Waals surface area contributed by atoms with E-state index in [0.29, 0.717) is 38.6 Å². The molecule has 0 N–H and O–H groups in total. The van der Waals surface area contributed by atoms with E-state index >= 15 is 0 Å². The highest BCUT2D eigenvalue weighted by molar-refractivity contribution is 5.92. The van der Waals surface area contributed by atoms with Crippen LogP contribution in [-0.4, -0.2) is 52.9 Å². The molecule has 2 aliphatic rings. The molecule has 0 bridgehead atoms. The molecule has 7 heteroatoms. The van der Waals surface area contributed by atoms with E-state index in [1.165, 1.54) is 0 Å². The van der Waals surface area contributed by atoms with Gasteiger partial charge in [-0.15, -0.1) is 0 Å². The zero-order chi connectivity index (χ0) is 17.3. The molecule has 2 aliphatic heterocycles. The number of pyridine rings is 1. The molecule has 2 saturated heterocycles. The van der Waals surface area contributed by atoms with Crippen molar-refractivity contribution in [2.75, 3.05) is 26.3 Å². The lowest BCUT2D eigenvalue weighted by Crippen LogP contribution is -2.66. The average molecular weight is 343 g/mol. The first-order chi connectivity index (χ1) is 12.2. The van der Waals surface area contributed by atoms with E-state index in [-0.39, 0.29) is 23.2 Å².